The fraction of sp³-hybridized carbons (Fsp3) is 0.933. The van der Waals surface area contributed by atoms with E-state index in [1.54, 1.807) is 0 Å². The van der Waals surface area contributed by atoms with Crippen molar-refractivity contribution in [2.75, 3.05) is 39.8 Å². The van der Waals surface area contributed by atoms with E-state index in [1.165, 1.54) is 12.8 Å². The van der Waals surface area contributed by atoms with Crippen molar-refractivity contribution in [2.24, 2.45) is 5.92 Å². The topological polar surface area (TPSA) is 35.6 Å². The zero-order valence-electron chi connectivity index (χ0n) is 12.7. The van der Waals surface area contributed by atoms with Crippen LogP contribution >= 0.6 is 0 Å². The van der Waals surface area contributed by atoms with E-state index in [4.69, 9.17) is 0 Å². The van der Waals surface area contributed by atoms with E-state index in [0.29, 0.717) is 18.4 Å². The number of hydrogen-bond acceptors (Lipinski definition) is 3. The maximum Gasteiger partial charge on any atom is 0.236 e. The Hall–Kier alpha value is -0.610. The number of carbonyl (C=O) groups is 1. The zero-order valence-corrected chi connectivity index (χ0v) is 12.7. The van der Waals surface area contributed by atoms with Gasteiger partial charge in [0.1, 0.15) is 0 Å². The fourth-order valence-corrected chi connectivity index (χ4v) is 3.16. The number of nitrogens with one attached hydrogen (secondary N) is 1. The lowest BCUT2D eigenvalue weighted by Gasteiger charge is -2.40. The lowest BCUT2D eigenvalue weighted by atomic mass is 9.90. The Labute approximate surface area is 117 Å². The predicted molar refractivity (Wildman–Crippen MR) is 78.1 cm³/mol. The molecule has 2 saturated heterocycles. The summed E-state index contributed by atoms with van der Waals surface area (Å²) >= 11 is 0. The van der Waals surface area contributed by atoms with Gasteiger partial charge in [-0.3, -0.25) is 9.69 Å². The van der Waals surface area contributed by atoms with E-state index in [9.17, 15) is 4.79 Å². The van der Waals surface area contributed by atoms with Crippen LogP contribution in [0.25, 0.3) is 0 Å². The van der Waals surface area contributed by atoms with Crippen molar-refractivity contribution in [3.63, 3.8) is 0 Å². The van der Waals surface area contributed by atoms with E-state index >= 15 is 0 Å². The number of likely N-dealkylation sites (tertiary alicyclic amines) is 2. The van der Waals surface area contributed by atoms with Crippen LogP contribution in [0.4, 0.5) is 0 Å². The molecule has 0 aromatic rings. The van der Waals surface area contributed by atoms with E-state index < -0.39 is 0 Å². The summed E-state index contributed by atoms with van der Waals surface area (Å²) in [6.45, 7) is 9.13. The minimum Gasteiger partial charge on any atom is -0.341 e. The molecule has 2 aliphatic rings. The van der Waals surface area contributed by atoms with Gasteiger partial charge in [-0.1, -0.05) is 6.92 Å². The molecule has 2 aliphatic heterocycles. The molecule has 2 heterocycles. The monoisotopic (exact) mass is 267 g/mol. The Morgan fingerprint density at radius 2 is 2.00 bits per heavy atom. The summed E-state index contributed by atoms with van der Waals surface area (Å²) < 4.78 is 0. The van der Waals surface area contributed by atoms with Crippen molar-refractivity contribution in [1.29, 1.82) is 0 Å². The van der Waals surface area contributed by atoms with Gasteiger partial charge in [0.25, 0.3) is 0 Å². The third-order valence-corrected chi connectivity index (χ3v) is 4.93. The van der Waals surface area contributed by atoms with Gasteiger partial charge in [0.15, 0.2) is 0 Å². The first-order valence-electron chi connectivity index (χ1n) is 7.71. The van der Waals surface area contributed by atoms with Crippen LogP contribution < -0.4 is 5.32 Å². The molecule has 4 heteroatoms. The second-order valence-electron chi connectivity index (χ2n) is 6.67. The molecule has 2 fully saturated rings. The van der Waals surface area contributed by atoms with E-state index in [0.717, 1.165) is 39.0 Å². The lowest BCUT2D eigenvalue weighted by Crippen LogP contribution is -2.52. The minimum absolute atomic E-state index is 0.263. The predicted octanol–water partition coefficient (Wildman–Crippen LogP) is 1.32. The largest absolute Gasteiger partial charge is 0.341 e. The minimum atomic E-state index is 0.263. The standard InChI is InChI=1S/C15H29N3O/c1-13-5-4-8-18(11-13)14(19)12-17-9-6-15(2,16-3)7-10-17/h13,16H,4-12H2,1-3H3. The Kier molecular flexibility index (Phi) is 4.85. The average molecular weight is 267 g/mol. The number of hydrogen-bond donors (Lipinski definition) is 1. The van der Waals surface area contributed by atoms with Gasteiger partial charge in [-0.15, -0.1) is 0 Å². The highest BCUT2D eigenvalue weighted by molar-refractivity contribution is 5.78. The molecule has 0 aliphatic carbocycles. The highest BCUT2D eigenvalue weighted by Gasteiger charge is 2.30. The normalized spacial score (nSPS) is 28.4. The van der Waals surface area contributed by atoms with Crippen molar-refractivity contribution in [2.45, 2.75) is 45.1 Å². The average Bonchev–Trinajstić information content (AvgIpc) is 2.41. The lowest BCUT2D eigenvalue weighted by molar-refractivity contribution is -0.134. The first-order valence-corrected chi connectivity index (χ1v) is 7.71. The van der Waals surface area contributed by atoms with Crippen LogP contribution in [-0.2, 0) is 4.79 Å². The van der Waals surface area contributed by atoms with Crippen molar-refractivity contribution in [3.05, 3.63) is 0 Å². The Morgan fingerprint density at radius 3 is 2.58 bits per heavy atom. The van der Waals surface area contributed by atoms with Crippen LogP contribution in [0.5, 0.6) is 0 Å². The number of rotatable bonds is 3. The molecule has 0 aromatic carbocycles. The van der Waals surface area contributed by atoms with Crippen molar-refractivity contribution in [3.8, 4) is 0 Å². The van der Waals surface area contributed by atoms with E-state index in [-0.39, 0.29) is 5.54 Å². The van der Waals surface area contributed by atoms with Crippen LogP contribution in [0, 0.1) is 5.92 Å². The number of amides is 1. The van der Waals surface area contributed by atoms with Crippen LogP contribution in [0.2, 0.25) is 0 Å². The molecule has 2 rings (SSSR count). The van der Waals surface area contributed by atoms with Crippen LogP contribution in [0.1, 0.15) is 39.5 Å². The SMILES string of the molecule is CNC1(C)CCN(CC(=O)N2CCCC(C)C2)CC1. The molecular formula is C15H29N3O. The number of piperidine rings is 2. The molecule has 110 valence electrons. The smallest absolute Gasteiger partial charge is 0.236 e. The quantitative estimate of drug-likeness (QED) is 0.838. The summed E-state index contributed by atoms with van der Waals surface area (Å²) in [6, 6.07) is 0. The van der Waals surface area contributed by atoms with Crippen LogP contribution in [0.15, 0.2) is 0 Å². The Morgan fingerprint density at radius 1 is 1.32 bits per heavy atom. The van der Waals surface area contributed by atoms with Crippen molar-refractivity contribution < 1.29 is 4.79 Å². The third-order valence-electron chi connectivity index (χ3n) is 4.93. The molecule has 4 nitrogen and oxygen atoms in total. The molecule has 0 bridgehead atoms. The van der Waals surface area contributed by atoms with Crippen LogP contribution in [0.3, 0.4) is 0 Å². The van der Waals surface area contributed by atoms with Gasteiger partial charge in [0, 0.05) is 31.7 Å². The Bertz CT molecular complexity index is 311. The maximum absolute atomic E-state index is 12.3. The summed E-state index contributed by atoms with van der Waals surface area (Å²) in [5.41, 5.74) is 0.263. The summed E-state index contributed by atoms with van der Waals surface area (Å²) in [4.78, 5) is 16.7. The van der Waals surface area contributed by atoms with Gasteiger partial charge in [-0.2, -0.15) is 0 Å². The second-order valence-corrected chi connectivity index (χ2v) is 6.67. The number of nitrogens with zero attached hydrogens (tertiary/aromatic N) is 2. The number of carbonyl (C=O) groups excluding carboxylic acids is 1. The molecule has 1 unspecified atom stereocenters. The summed E-state index contributed by atoms with van der Waals surface area (Å²) in [7, 11) is 2.04. The van der Waals surface area contributed by atoms with Gasteiger partial charge >= 0.3 is 0 Å². The first-order chi connectivity index (χ1) is 9.02. The third kappa shape index (κ3) is 3.93. The fourth-order valence-electron chi connectivity index (χ4n) is 3.16. The molecule has 0 radical (unpaired) electrons. The molecule has 1 atom stereocenters. The van der Waals surface area contributed by atoms with Gasteiger partial charge < -0.3 is 10.2 Å². The maximum atomic E-state index is 12.3. The van der Waals surface area contributed by atoms with Gasteiger partial charge in [-0.25, -0.2) is 0 Å². The Balaban J connectivity index is 1.77. The van der Waals surface area contributed by atoms with Gasteiger partial charge in [0.2, 0.25) is 5.91 Å². The molecule has 19 heavy (non-hydrogen) atoms. The summed E-state index contributed by atoms with van der Waals surface area (Å²) in [5, 5.41) is 3.40. The molecule has 1 N–H and O–H groups in total. The first kappa shape index (κ1) is 14.8. The summed E-state index contributed by atoms with van der Waals surface area (Å²) in [6.07, 6.45) is 4.71. The highest BCUT2D eigenvalue weighted by atomic mass is 16.2. The van der Waals surface area contributed by atoms with Gasteiger partial charge in [-0.05, 0) is 45.6 Å². The van der Waals surface area contributed by atoms with E-state index in [1.807, 2.05) is 7.05 Å². The summed E-state index contributed by atoms with van der Waals surface area (Å²) in [5.74, 6) is 1.01. The van der Waals surface area contributed by atoms with E-state index in [2.05, 4.69) is 29.0 Å². The highest BCUT2D eigenvalue weighted by Crippen LogP contribution is 2.21. The zero-order chi connectivity index (χ0) is 13.9. The molecular weight excluding hydrogens is 238 g/mol. The van der Waals surface area contributed by atoms with Crippen LogP contribution in [-0.4, -0.2) is 61.0 Å². The molecule has 1 amide bonds. The molecule has 0 aromatic heterocycles. The van der Waals surface area contributed by atoms with Crippen molar-refractivity contribution >= 4 is 5.91 Å². The van der Waals surface area contributed by atoms with Crippen molar-refractivity contribution in [1.82, 2.24) is 15.1 Å². The molecule has 0 spiro atoms. The van der Waals surface area contributed by atoms with Gasteiger partial charge in [0.05, 0.1) is 6.54 Å². The molecule has 0 saturated carbocycles. The second kappa shape index (κ2) is 6.23.